The van der Waals surface area contributed by atoms with Crippen LogP contribution in [0.15, 0.2) is 24.4 Å². The van der Waals surface area contributed by atoms with Crippen molar-refractivity contribution in [2.45, 2.75) is 39.2 Å². The van der Waals surface area contributed by atoms with Crippen LogP contribution in [0.25, 0.3) is 10.9 Å². The molecule has 2 N–H and O–H groups in total. The van der Waals surface area contributed by atoms with E-state index in [1.54, 1.807) is 7.05 Å². The maximum atomic E-state index is 12.4. The zero-order chi connectivity index (χ0) is 16.6. The molecular weight excluding hydrogens is 310 g/mol. The number of rotatable bonds is 7. The van der Waals surface area contributed by atoms with Gasteiger partial charge in [-0.2, -0.15) is 12.7 Å². The van der Waals surface area contributed by atoms with Crippen molar-refractivity contribution in [1.29, 1.82) is 0 Å². The number of hydrogen-bond acceptors (Lipinski definition) is 2. The topological polar surface area (TPSA) is 65.2 Å². The predicted octanol–water partition coefficient (Wildman–Crippen LogP) is 2.58. The van der Waals surface area contributed by atoms with Crippen LogP contribution < -0.4 is 4.72 Å². The van der Waals surface area contributed by atoms with E-state index in [2.05, 4.69) is 22.7 Å². The van der Waals surface area contributed by atoms with E-state index in [4.69, 9.17) is 0 Å². The minimum atomic E-state index is -3.41. The lowest BCUT2D eigenvalue weighted by Crippen LogP contribution is -2.44. The summed E-state index contributed by atoms with van der Waals surface area (Å²) in [4.78, 5) is 3.25. The minimum Gasteiger partial charge on any atom is -0.361 e. The lowest BCUT2D eigenvalue weighted by molar-refractivity contribution is 0.352. The standard InChI is InChI=1S/C17H25N3O2S/c1-12-5-4-6-16-17(12)15(11-18-16)9-10-19-23(21,22)20(3)13(2)14-7-8-14/h4-6,11,13-14,18-19H,7-10H2,1-3H3/t13-/m1/s1. The van der Waals surface area contributed by atoms with Gasteiger partial charge in [0.25, 0.3) is 10.2 Å². The maximum Gasteiger partial charge on any atom is 0.279 e. The molecule has 1 aromatic carbocycles. The number of aromatic nitrogens is 1. The molecule has 3 rings (SSSR count). The number of nitrogens with one attached hydrogen (secondary N) is 2. The fourth-order valence-corrected chi connectivity index (χ4v) is 4.33. The summed E-state index contributed by atoms with van der Waals surface area (Å²) in [6.07, 6.45) is 4.92. The third kappa shape index (κ3) is 3.44. The first-order valence-corrected chi connectivity index (χ1v) is 9.62. The van der Waals surface area contributed by atoms with Gasteiger partial charge < -0.3 is 4.98 Å². The van der Waals surface area contributed by atoms with Gasteiger partial charge in [0.2, 0.25) is 0 Å². The number of aryl methyl sites for hydroxylation is 1. The molecule has 5 nitrogen and oxygen atoms in total. The molecule has 1 saturated carbocycles. The SMILES string of the molecule is Cc1cccc2[nH]cc(CCNS(=O)(=O)N(C)[C@H](C)C3CC3)c12. The summed E-state index contributed by atoms with van der Waals surface area (Å²) < 4.78 is 28.9. The summed E-state index contributed by atoms with van der Waals surface area (Å²) >= 11 is 0. The second-order valence-corrected chi connectivity index (χ2v) is 8.37. The van der Waals surface area contributed by atoms with E-state index in [-0.39, 0.29) is 6.04 Å². The highest BCUT2D eigenvalue weighted by Gasteiger charge is 2.35. The lowest BCUT2D eigenvalue weighted by atomic mass is 10.1. The molecule has 6 heteroatoms. The van der Waals surface area contributed by atoms with Crippen molar-refractivity contribution in [2.24, 2.45) is 5.92 Å². The highest BCUT2D eigenvalue weighted by Crippen LogP contribution is 2.35. The Hall–Kier alpha value is -1.37. The molecule has 0 unspecified atom stereocenters. The average Bonchev–Trinajstić information content (AvgIpc) is 3.28. The van der Waals surface area contributed by atoms with Crippen LogP contribution in [0.4, 0.5) is 0 Å². The second kappa shape index (κ2) is 6.26. The number of fused-ring (bicyclic) bond motifs is 1. The first kappa shape index (κ1) is 16.5. The van der Waals surface area contributed by atoms with E-state index in [0.717, 1.165) is 23.9 Å². The number of hydrogen-bond donors (Lipinski definition) is 2. The molecule has 0 radical (unpaired) electrons. The fourth-order valence-electron chi connectivity index (χ4n) is 3.16. The predicted molar refractivity (Wildman–Crippen MR) is 93.6 cm³/mol. The summed E-state index contributed by atoms with van der Waals surface area (Å²) in [5, 5.41) is 1.20. The van der Waals surface area contributed by atoms with Gasteiger partial charge in [-0.3, -0.25) is 0 Å². The lowest BCUT2D eigenvalue weighted by Gasteiger charge is -2.24. The Balaban J connectivity index is 1.64. The zero-order valence-electron chi connectivity index (χ0n) is 14.0. The van der Waals surface area contributed by atoms with Gasteiger partial charge >= 0.3 is 0 Å². The van der Waals surface area contributed by atoms with Gasteiger partial charge in [-0.25, -0.2) is 4.72 Å². The van der Waals surface area contributed by atoms with Crippen molar-refractivity contribution in [3.05, 3.63) is 35.5 Å². The largest absolute Gasteiger partial charge is 0.361 e. The molecule has 1 aliphatic carbocycles. The molecule has 0 spiro atoms. The van der Waals surface area contributed by atoms with Crippen LogP contribution in [-0.4, -0.2) is 37.3 Å². The molecule has 1 fully saturated rings. The van der Waals surface area contributed by atoms with Crippen molar-refractivity contribution < 1.29 is 8.42 Å². The molecule has 126 valence electrons. The molecule has 1 aliphatic rings. The minimum absolute atomic E-state index is 0.0721. The summed E-state index contributed by atoms with van der Waals surface area (Å²) in [6.45, 7) is 4.47. The Morgan fingerprint density at radius 3 is 2.83 bits per heavy atom. The summed E-state index contributed by atoms with van der Waals surface area (Å²) in [7, 11) is -1.74. The fraction of sp³-hybridized carbons (Fsp3) is 0.529. The molecular formula is C17H25N3O2S. The van der Waals surface area contributed by atoms with Crippen LogP contribution in [0.2, 0.25) is 0 Å². The van der Waals surface area contributed by atoms with Crippen molar-refractivity contribution >= 4 is 21.1 Å². The van der Waals surface area contributed by atoms with E-state index < -0.39 is 10.2 Å². The van der Waals surface area contributed by atoms with E-state index in [1.807, 2.05) is 25.3 Å². The molecule has 1 heterocycles. The van der Waals surface area contributed by atoms with E-state index >= 15 is 0 Å². The van der Waals surface area contributed by atoms with Crippen molar-refractivity contribution in [3.63, 3.8) is 0 Å². The van der Waals surface area contributed by atoms with Gasteiger partial charge in [0, 0.05) is 36.7 Å². The molecule has 0 aliphatic heterocycles. The Kier molecular flexibility index (Phi) is 4.49. The Morgan fingerprint density at radius 1 is 1.39 bits per heavy atom. The summed E-state index contributed by atoms with van der Waals surface area (Å²) in [5.41, 5.74) is 3.46. The quantitative estimate of drug-likeness (QED) is 0.817. The van der Waals surface area contributed by atoms with Gasteiger partial charge in [0.1, 0.15) is 0 Å². The second-order valence-electron chi connectivity index (χ2n) is 6.56. The van der Waals surface area contributed by atoms with Gasteiger partial charge in [0.15, 0.2) is 0 Å². The first-order valence-electron chi connectivity index (χ1n) is 8.18. The first-order chi connectivity index (χ1) is 10.9. The van der Waals surface area contributed by atoms with E-state index in [0.29, 0.717) is 18.9 Å². The molecule has 23 heavy (non-hydrogen) atoms. The van der Waals surface area contributed by atoms with E-state index in [1.165, 1.54) is 15.3 Å². The number of H-pyrrole nitrogens is 1. The summed E-state index contributed by atoms with van der Waals surface area (Å²) in [5.74, 6) is 0.521. The number of benzene rings is 1. The Bertz CT molecular complexity index is 793. The number of nitrogens with zero attached hydrogens (tertiary/aromatic N) is 1. The third-order valence-electron chi connectivity index (χ3n) is 4.93. The average molecular weight is 335 g/mol. The maximum absolute atomic E-state index is 12.4. The van der Waals surface area contributed by atoms with Crippen molar-refractivity contribution in [3.8, 4) is 0 Å². The van der Waals surface area contributed by atoms with Crippen molar-refractivity contribution in [2.75, 3.05) is 13.6 Å². The van der Waals surface area contributed by atoms with Crippen LogP contribution in [0.5, 0.6) is 0 Å². The molecule has 1 aromatic heterocycles. The molecule has 2 aromatic rings. The highest BCUT2D eigenvalue weighted by atomic mass is 32.2. The zero-order valence-corrected chi connectivity index (χ0v) is 14.8. The van der Waals surface area contributed by atoms with Crippen LogP contribution in [-0.2, 0) is 16.6 Å². The Labute approximate surface area is 138 Å². The molecule has 0 amide bonds. The number of aromatic amines is 1. The molecule has 0 saturated heterocycles. The van der Waals surface area contributed by atoms with Crippen LogP contribution in [0.3, 0.4) is 0 Å². The highest BCUT2D eigenvalue weighted by molar-refractivity contribution is 7.87. The van der Waals surface area contributed by atoms with Gasteiger partial charge in [-0.05, 0) is 56.2 Å². The van der Waals surface area contributed by atoms with Gasteiger partial charge in [0.05, 0.1) is 0 Å². The van der Waals surface area contributed by atoms with Crippen molar-refractivity contribution in [1.82, 2.24) is 14.0 Å². The molecule has 1 atom stereocenters. The third-order valence-corrected chi connectivity index (χ3v) is 6.59. The summed E-state index contributed by atoms with van der Waals surface area (Å²) in [6, 6.07) is 6.22. The Morgan fingerprint density at radius 2 is 2.13 bits per heavy atom. The molecule has 0 bridgehead atoms. The van der Waals surface area contributed by atoms with Crippen LogP contribution in [0, 0.1) is 12.8 Å². The van der Waals surface area contributed by atoms with Crippen LogP contribution >= 0.6 is 0 Å². The normalized spacial score (nSPS) is 17.0. The van der Waals surface area contributed by atoms with Gasteiger partial charge in [-0.1, -0.05) is 12.1 Å². The smallest absolute Gasteiger partial charge is 0.279 e. The van der Waals surface area contributed by atoms with Crippen LogP contribution in [0.1, 0.15) is 30.9 Å². The van der Waals surface area contributed by atoms with E-state index in [9.17, 15) is 8.42 Å². The van der Waals surface area contributed by atoms with Gasteiger partial charge in [-0.15, -0.1) is 0 Å². The monoisotopic (exact) mass is 335 g/mol.